The SMILES string of the molecule is [C-]#[N+][C@]1(CC)O[C@@H](c2ccc3c(N)ncnn23)[C@@H]2OC(C)(C)O[C@@H]21. The topological polar surface area (TPSA) is 88.3 Å². The maximum absolute atomic E-state index is 7.65. The predicted octanol–water partition coefficient (Wildman–Crippen LogP) is 1.93. The second-order valence-electron chi connectivity index (χ2n) is 6.57. The first kappa shape index (κ1) is 15.3. The molecule has 0 radical (unpaired) electrons. The molecule has 4 heterocycles. The van der Waals surface area contributed by atoms with Crippen LogP contribution in [0.15, 0.2) is 18.5 Å². The summed E-state index contributed by atoms with van der Waals surface area (Å²) in [4.78, 5) is 7.76. The number of nitrogens with two attached hydrogens (primary N) is 1. The number of aromatic nitrogens is 3. The van der Waals surface area contributed by atoms with Crippen LogP contribution in [0.25, 0.3) is 10.4 Å². The fourth-order valence-electron chi connectivity index (χ4n) is 3.58. The van der Waals surface area contributed by atoms with Crippen molar-refractivity contribution in [2.24, 2.45) is 0 Å². The zero-order valence-corrected chi connectivity index (χ0v) is 13.8. The molecule has 2 aliphatic heterocycles. The maximum Gasteiger partial charge on any atom is 0.366 e. The lowest BCUT2D eigenvalue weighted by Gasteiger charge is -2.25. The Morgan fingerprint density at radius 1 is 1.33 bits per heavy atom. The fourth-order valence-corrected chi connectivity index (χ4v) is 3.58. The summed E-state index contributed by atoms with van der Waals surface area (Å²) in [7, 11) is 0. The molecule has 4 rings (SSSR count). The van der Waals surface area contributed by atoms with Crippen molar-refractivity contribution in [2.45, 2.75) is 57.0 Å². The summed E-state index contributed by atoms with van der Waals surface area (Å²) in [6.45, 7) is 13.3. The van der Waals surface area contributed by atoms with Crippen molar-refractivity contribution < 1.29 is 14.2 Å². The molecule has 2 saturated heterocycles. The number of nitrogens with zero attached hydrogens (tertiary/aromatic N) is 4. The standard InChI is InChI=1S/C16H19N5O3/c1-5-16(18-4)13-12(22-15(2,3)24-13)11(23-16)9-6-7-10-14(17)19-8-20-21(9)10/h6-8,11-13H,5H2,1-3H3,(H2,17,19,20)/t11-,12-,13-,16+/m0/s1. The molecular formula is C16H19N5O3. The minimum atomic E-state index is -1.06. The zero-order chi connectivity index (χ0) is 17.1. The van der Waals surface area contributed by atoms with Crippen LogP contribution >= 0.6 is 0 Å². The van der Waals surface area contributed by atoms with Crippen LogP contribution in [0.2, 0.25) is 0 Å². The average molecular weight is 329 g/mol. The molecule has 0 unspecified atom stereocenters. The van der Waals surface area contributed by atoms with Crippen molar-refractivity contribution in [1.82, 2.24) is 14.6 Å². The van der Waals surface area contributed by atoms with Crippen LogP contribution < -0.4 is 5.73 Å². The van der Waals surface area contributed by atoms with Crippen molar-refractivity contribution in [3.8, 4) is 0 Å². The Hall–Kier alpha value is -2.21. The summed E-state index contributed by atoms with van der Waals surface area (Å²) in [5.41, 5.74) is 6.31. The van der Waals surface area contributed by atoms with Gasteiger partial charge in [-0.05, 0) is 26.0 Å². The van der Waals surface area contributed by atoms with Crippen LogP contribution in [0.1, 0.15) is 39.0 Å². The normalized spacial score (nSPS) is 34.3. The lowest BCUT2D eigenvalue weighted by atomic mass is 10.00. The summed E-state index contributed by atoms with van der Waals surface area (Å²) in [6, 6.07) is 3.72. The third-order valence-electron chi connectivity index (χ3n) is 4.70. The van der Waals surface area contributed by atoms with Crippen LogP contribution in [0, 0.1) is 6.57 Å². The van der Waals surface area contributed by atoms with Gasteiger partial charge in [-0.15, -0.1) is 0 Å². The van der Waals surface area contributed by atoms with Gasteiger partial charge in [0, 0.05) is 0 Å². The first-order valence-electron chi connectivity index (χ1n) is 7.91. The first-order chi connectivity index (χ1) is 11.4. The van der Waals surface area contributed by atoms with Gasteiger partial charge in [-0.25, -0.2) is 16.1 Å². The van der Waals surface area contributed by atoms with E-state index in [2.05, 4.69) is 14.9 Å². The van der Waals surface area contributed by atoms with E-state index in [1.165, 1.54) is 6.33 Å². The second kappa shape index (κ2) is 4.89. The van der Waals surface area contributed by atoms with Gasteiger partial charge in [-0.2, -0.15) is 5.10 Å². The van der Waals surface area contributed by atoms with E-state index in [0.717, 1.165) is 5.69 Å². The quantitative estimate of drug-likeness (QED) is 0.847. The average Bonchev–Trinajstić information content (AvgIpc) is 3.18. The largest absolute Gasteiger partial charge is 0.382 e. The summed E-state index contributed by atoms with van der Waals surface area (Å²) >= 11 is 0. The Balaban J connectivity index is 1.83. The molecule has 8 nitrogen and oxygen atoms in total. The molecule has 0 aromatic carbocycles. The number of rotatable bonds is 2. The number of ether oxygens (including phenoxy) is 3. The number of anilines is 1. The van der Waals surface area contributed by atoms with Crippen LogP contribution in [0.4, 0.5) is 5.82 Å². The summed E-state index contributed by atoms with van der Waals surface area (Å²) in [5, 5.41) is 4.27. The highest BCUT2D eigenvalue weighted by molar-refractivity contribution is 5.65. The molecule has 0 amide bonds. The molecule has 8 heteroatoms. The highest BCUT2D eigenvalue weighted by atomic mass is 16.8. The van der Waals surface area contributed by atoms with Crippen LogP contribution in [-0.4, -0.2) is 38.3 Å². The van der Waals surface area contributed by atoms with E-state index in [0.29, 0.717) is 17.8 Å². The summed E-state index contributed by atoms with van der Waals surface area (Å²) in [5.74, 6) is -0.370. The van der Waals surface area contributed by atoms with Gasteiger partial charge in [0.1, 0.15) is 24.1 Å². The Morgan fingerprint density at radius 2 is 2.12 bits per heavy atom. The molecule has 126 valence electrons. The van der Waals surface area contributed by atoms with Gasteiger partial charge in [0.15, 0.2) is 17.7 Å². The Kier molecular flexibility index (Phi) is 3.12. The van der Waals surface area contributed by atoms with Gasteiger partial charge < -0.3 is 15.2 Å². The van der Waals surface area contributed by atoms with Crippen molar-refractivity contribution in [2.75, 3.05) is 5.73 Å². The van der Waals surface area contributed by atoms with Crippen molar-refractivity contribution in [3.05, 3.63) is 35.6 Å². The molecule has 2 fully saturated rings. The van der Waals surface area contributed by atoms with Gasteiger partial charge in [0.2, 0.25) is 0 Å². The van der Waals surface area contributed by atoms with Gasteiger partial charge in [-0.1, -0.05) is 6.92 Å². The zero-order valence-electron chi connectivity index (χ0n) is 13.8. The van der Waals surface area contributed by atoms with Crippen molar-refractivity contribution >= 4 is 11.3 Å². The van der Waals surface area contributed by atoms with Gasteiger partial charge >= 0.3 is 5.72 Å². The molecule has 0 spiro atoms. The van der Waals surface area contributed by atoms with E-state index in [1.807, 2.05) is 32.9 Å². The molecule has 2 aliphatic rings. The van der Waals surface area contributed by atoms with E-state index >= 15 is 0 Å². The van der Waals surface area contributed by atoms with Crippen molar-refractivity contribution in [3.63, 3.8) is 0 Å². The minimum absolute atomic E-state index is 0.386. The fraction of sp³-hybridized carbons (Fsp3) is 0.562. The highest BCUT2D eigenvalue weighted by Gasteiger charge is 2.67. The smallest absolute Gasteiger partial charge is 0.366 e. The Morgan fingerprint density at radius 3 is 2.83 bits per heavy atom. The van der Waals surface area contributed by atoms with Crippen LogP contribution in [0.5, 0.6) is 0 Å². The Labute approximate surface area is 139 Å². The summed E-state index contributed by atoms with van der Waals surface area (Å²) < 4.78 is 19.9. The number of nitrogen functional groups attached to an aromatic ring is 1. The molecule has 2 N–H and O–H groups in total. The molecule has 4 atom stereocenters. The number of fused-ring (bicyclic) bond motifs is 2. The molecule has 2 aromatic rings. The predicted molar refractivity (Wildman–Crippen MR) is 84.7 cm³/mol. The second-order valence-corrected chi connectivity index (χ2v) is 6.57. The molecule has 0 aliphatic carbocycles. The van der Waals surface area contributed by atoms with E-state index in [4.69, 9.17) is 26.5 Å². The van der Waals surface area contributed by atoms with E-state index in [-0.39, 0.29) is 6.10 Å². The van der Waals surface area contributed by atoms with E-state index in [9.17, 15) is 0 Å². The molecule has 24 heavy (non-hydrogen) atoms. The highest BCUT2D eigenvalue weighted by Crippen LogP contribution is 2.51. The molecule has 2 aromatic heterocycles. The Bertz CT molecular complexity index is 842. The van der Waals surface area contributed by atoms with Crippen LogP contribution in [0.3, 0.4) is 0 Å². The van der Waals surface area contributed by atoms with Crippen molar-refractivity contribution in [1.29, 1.82) is 0 Å². The third-order valence-corrected chi connectivity index (χ3v) is 4.70. The molecular weight excluding hydrogens is 310 g/mol. The molecule has 0 saturated carbocycles. The monoisotopic (exact) mass is 329 g/mol. The molecule has 0 bridgehead atoms. The minimum Gasteiger partial charge on any atom is -0.382 e. The summed E-state index contributed by atoms with van der Waals surface area (Å²) in [6.07, 6.45) is 0.597. The lowest BCUT2D eigenvalue weighted by molar-refractivity contribution is -0.202. The van der Waals surface area contributed by atoms with E-state index in [1.54, 1.807) is 4.52 Å². The first-order valence-corrected chi connectivity index (χ1v) is 7.91. The third kappa shape index (κ3) is 1.95. The van der Waals surface area contributed by atoms with Gasteiger partial charge in [0.05, 0.1) is 12.1 Å². The number of hydrogen-bond donors (Lipinski definition) is 1. The van der Waals surface area contributed by atoms with Gasteiger partial charge in [0.25, 0.3) is 0 Å². The van der Waals surface area contributed by atoms with E-state index < -0.39 is 23.7 Å². The number of hydrogen-bond acceptors (Lipinski definition) is 6. The van der Waals surface area contributed by atoms with Gasteiger partial charge in [-0.3, -0.25) is 9.58 Å². The lowest BCUT2D eigenvalue weighted by Crippen LogP contribution is -2.39. The van der Waals surface area contributed by atoms with Crippen LogP contribution in [-0.2, 0) is 14.2 Å². The maximum atomic E-state index is 7.65.